The van der Waals surface area contributed by atoms with Crippen molar-refractivity contribution in [3.8, 4) is 11.5 Å². The first-order valence-corrected chi connectivity index (χ1v) is 9.32. The number of amides is 3. The summed E-state index contributed by atoms with van der Waals surface area (Å²) < 4.78 is 10.4. The third-order valence-electron chi connectivity index (χ3n) is 4.57. The summed E-state index contributed by atoms with van der Waals surface area (Å²) in [4.78, 5) is 37.6. The monoisotopic (exact) mass is 433 g/mol. The second-order valence-corrected chi connectivity index (χ2v) is 6.89. The number of nitrogens with one attached hydrogen (secondary N) is 2. The van der Waals surface area contributed by atoms with E-state index in [2.05, 4.69) is 10.6 Å². The predicted molar refractivity (Wildman–Crippen MR) is 110 cm³/mol. The largest absolute Gasteiger partial charge is 0.495 e. The van der Waals surface area contributed by atoms with Crippen LogP contribution in [-0.4, -0.2) is 43.8 Å². The number of hydrogen-bond donors (Lipinski definition) is 3. The van der Waals surface area contributed by atoms with E-state index in [9.17, 15) is 14.4 Å². The smallest absolute Gasteiger partial charge is 0.322 e. The average molecular weight is 434 g/mol. The van der Waals surface area contributed by atoms with Gasteiger partial charge in [-0.1, -0.05) is 29.8 Å². The van der Waals surface area contributed by atoms with Crippen LogP contribution in [0.25, 0.3) is 0 Å². The zero-order valence-electron chi connectivity index (χ0n) is 16.3. The lowest BCUT2D eigenvalue weighted by atomic mass is 9.99. The molecule has 2 aromatic carbocycles. The van der Waals surface area contributed by atoms with Gasteiger partial charge < -0.3 is 25.2 Å². The number of carbonyl (C=O) groups excluding carboxylic acids is 2. The molecular weight excluding hydrogens is 414 g/mol. The first kappa shape index (κ1) is 21.3. The van der Waals surface area contributed by atoms with Gasteiger partial charge in [-0.3, -0.25) is 14.5 Å². The number of ether oxygens (including phenoxy) is 2. The van der Waals surface area contributed by atoms with E-state index in [1.807, 2.05) is 0 Å². The molecule has 1 atom stereocenters. The third kappa shape index (κ3) is 4.41. The highest BCUT2D eigenvalue weighted by atomic mass is 35.5. The molecule has 0 spiro atoms. The molecular formula is C20H20ClN3O6. The Kier molecular flexibility index (Phi) is 6.31. The van der Waals surface area contributed by atoms with Crippen LogP contribution >= 0.6 is 11.6 Å². The van der Waals surface area contributed by atoms with Crippen LogP contribution in [0.2, 0.25) is 5.02 Å². The number of rotatable bonds is 7. The van der Waals surface area contributed by atoms with Crippen LogP contribution in [0.4, 0.5) is 16.2 Å². The maximum Gasteiger partial charge on any atom is 0.322 e. The number of nitrogens with zero attached hydrogens (tertiary/aromatic N) is 1. The molecule has 158 valence electrons. The lowest BCUT2D eigenvalue weighted by Gasteiger charge is -2.34. The molecule has 3 amide bonds. The molecule has 1 unspecified atom stereocenters. The number of halogens is 1. The molecule has 10 heteroatoms. The number of benzene rings is 2. The molecule has 3 rings (SSSR count). The summed E-state index contributed by atoms with van der Waals surface area (Å²) >= 11 is 6.13. The van der Waals surface area contributed by atoms with E-state index in [0.717, 1.165) is 0 Å². The van der Waals surface area contributed by atoms with Crippen molar-refractivity contribution in [2.75, 3.05) is 31.0 Å². The number of carbonyl (C=O) groups is 3. The number of para-hydroxylation sites is 1. The first-order chi connectivity index (χ1) is 14.3. The van der Waals surface area contributed by atoms with Crippen molar-refractivity contribution in [1.29, 1.82) is 0 Å². The Balaban J connectivity index is 1.82. The molecule has 1 aliphatic rings. The molecule has 3 N–H and O–H groups in total. The summed E-state index contributed by atoms with van der Waals surface area (Å²) in [7, 11) is 2.90. The fourth-order valence-corrected chi connectivity index (χ4v) is 3.47. The summed E-state index contributed by atoms with van der Waals surface area (Å²) in [5, 5.41) is 14.7. The summed E-state index contributed by atoms with van der Waals surface area (Å²) in [6.07, 6.45) is -0.260. The topological polar surface area (TPSA) is 117 Å². The normalized spacial score (nSPS) is 15.1. The molecule has 1 heterocycles. The molecule has 9 nitrogen and oxygen atoms in total. The van der Waals surface area contributed by atoms with Gasteiger partial charge in [0.05, 0.1) is 43.1 Å². The molecule has 0 bridgehead atoms. The Labute approximate surface area is 177 Å². The maximum absolute atomic E-state index is 12.7. The van der Waals surface area contributed by atoms with Crippen LogP contribution in [0.15, 0.2) is 36.4 Å². The van der Waals surface area contributed by atoms with Crippen molar-refractivity contribution in [3.63, 3.8) is 0 Å². The molecule has 1 aliphatic heterocycles. The minimum absolute atomic E-state index is 0.260. The lowest BCUT2D eigenvalue weighted by Crippen LogP contribution is -2.49. The standard InChI is InChI=1S/C20H20ClN3O6/c1-29-16-9-17(30-2)14(7-12(16)21)22-18(25)10-24-15-6-4-3-5-11(15)13(8-19(26)27)23-20(24)28/h3-7,9,13H,8,10H2,1-2H3,(H,22,25)(H,23,28)(H,26,27). The van der Waals surface area contributed by atoms with E-state index in [-0.39, 0.29) is 18.0 Å². The number of anilines is 2. The molecule has 0 aromatic heterocycles. The van der Waals surface area contributed by atoms with Crippen molar-refractivity contribution >= 4 is 40.9 Å². The minimum atomic E-state index is -1.04. The number of aliphatic carboxylic acids is 1. The number of methoxy groups -OCH3 is 2. The fourth-order valence-electron chi connectivity index (χ4n) is 3.23. The van der Waals surface area contributed by atoms with Gasteiger partial charge in [0.25, 0.3) is 0 Å². The van der Waals surface area contributed by atoms with Crippen LogP contribution in [-0.2, 0) is 9.59 Å². The SMILES string of the molecule is COc1cc(OC)c(NC(=O)CN2C(=O)NC(CC(=O)O)c3ccccc32)cc1Cl. The van der Waals surface area contributed by atoms with Crippen LogP contribution in [0, 0.1) is 0 Å². The summed E-state index contributed by atoms with van der Waals surface area (Å²) in [5.74, 6) is -0.795. The molecule has 0 aliphatic carbocycles. The van der Waals surface area contributed by atoms with Gasteiger partial charge in [0.2, 0.25) is 5.91 Å². The summed E-state index contributed by atoms with van der Waals surface area (Å²) in [5.41, 5.74) is 1.42. The van der Waals surface area contributed by atoms with Gasteiger partial charge in [0, 0.05) is 6.07 Å². The van der Waals surface area contributed by atoms with Crippen LogP contribution in [0.1, 0.15) is 18.0 Å². The van der Waals surface area contributed by atoms with Gasteiger partial charge in [0.1, 0.15) is 18.0 Å². The van der Waals surface area contributed by atoms with Gasteiger partial charge >= 0.3 is 12.0 Å². The van der Waals surface area contributed by atoms with E-state index in [0.29, 0.717) is 28.4 Å². The van der Waals surface area contributed by atoms with Crippen molar-refractivity contribution in [2.24, 2.45) is 0 Å². The highest BCUT2D eigenvalue weighted by Gasteiger charge is 2.32. The number of carboxylic acid groups (broad SMARTS) is 1. The molecule has 0 saturated carbocycles. The Bertz CT molecular complexity index is 997. The van der Waals surface area contributed by atoms with Crippen molar-refractivity contribution < 1.29 is 29.0 Å². The van der Waals surface area contributed by atoms with Crippen LogP contribution in [0.5, 0.6) is 11.5 Å². The predicted octanol–water partition coefficient (Wildman–Crippen LogP) is 3.04. The Morgan fingerprint density at radius 2 is 1.90 bits per heavy atom. The van der Waals surface area contributed by atoms with E-state index < -0.39 is 23.9 Å². The first-order valence-electron chi connectivity index (χ1n) is 8.94. The van der Waals surface area contributed by atoms with E-state index >= 15 is 0 Å². The van der Waals surface area contributed by atoms with E-state index in [1.165, 1.54) is 31.3 Å². The number of urea groups is 1. The maximum atomic E-state index is 12.7. The zero-order chi connectivity index (χ0) is 21.8. The highest BCUT2D eigenvalue weighted by molar-refractivity contribution is 6.32. The van der Waals surface area contributed by atoms with Crippen molar-refractivity contribution in [1.82, 2.24) is 5.32 Å². The van der Waals surface area contributed by atoms with Crippen LogP contribution in [0.3, 0.4) is 0 Å². The molecule has 30 heavy (non-hydrogen) atoms. The number of hydrogen-bond acceptors (Lipinski definition) is 5. The quantitative estimate of drug-likeness (QED) is 0.617. The van der Waals surface area contributed by atoms with Gasteiger partial charge in [-0.05, 0) is 17.7 Å². The Morgan fingerprint density at radius 3 is 2.57 bits per heavy atom. The summed E-state index contributed by atoms with van der Waals surface area (Å²) in [6.45, 7) is -0.296. The van der Waals surface area contributed by atoms with Crippen molar-refractivity contribution in [2.45, 2.75) is 12.5 Å². The second kappa shape index (κ2) is 8.91. The molecule has 0 saturated heterocycles. The number of carboxylic acids is 1. The molecule has 0 fully saturated rings. The highest BCUT2D eigenvalue weighted by Crippen LogP contribution is 2.36. The summed E-state index contributed by atoms with van der Waals surface area (Å²) in [6, 6.07) is 8.64. The van der Waals surface area contributed by atoms with E-state index in [4.69, 9.17) is 26.2 Å². The van der Waals surface area contributed by atoms with Gasteiger partial charge in [-0.25, -0.2) is 4.79 Å². The Morgan fingerprint density at radius 1 is 1.20 bits per heavy atom. The van der Waals surface area contributed by atoms with E-state index in [1.54, 1.807) is 24.3 Å². The Hall–Kier alpha value is -3.46. The van der Waals surface area contributed by atoms with Gasteiger partial charge in [0.15, 0.2) is 0 Å². The van der Waals surface area contributed by atoms with Crippen LogP contribution < -0.4 is 25.0 Å². The third-order valence-corrected chi connectivity index (χ3v) is 4.87. The van der Waals surface area contributed by atoms with Crippen molar-refractivity contribution in [3.05, 3.63) is 47.0 Å². The molecule has 0 radical (unpaired) electrons. The fraction of sp³-hybridized carbons (Fsp3) is 0.250. The molecule has 2 aromatic rings. The van der Waals surface area contributed by atoms with Gasteiger partial charge in [-0.15, -0.1) is 0 Å². The number of fused-ring (bicyclic) bond motifs is 1. The minimum Gasteiger partial charge on any atom is -0.495 e. The van der Waals surface area contributed by atoms with Gasteiger partial charge in [-0.2, -0.15) is 0 Å². The zero-order valence-corrected chi connectivity index (χ0v) is 17.0. The second-order valence-electron chi connectivity index (χ2n) is 6.48. The average Bonchev–Trinajstić information content (AvgIpc) is 2.70. The lowest BCUT2D eigenvalue weighted by molar-refractivity contribution is -0.137.